The van der Waals surface area contributed by atoms with Crippen molar-refractivity contribution in [2.45, 2.75) is 25.3 Å². The Labute approximate surface area is 139 Å². The van der Waals surface area contributed by atoms with Crippen molar-refractivity contribution in [3.63, 3.8) is 0 Å². The average molecular weight is 340 g/mol. The van der Waals surface area contributed by atoms with Crippen LogP contribution in [0.25, 0.3) is 0 Å². The zero-order chi connectivity index (χ0) is 13.1. The summed E-state index contributed by atoms with van der Waals surface area (Å²) in [4.78, 5) is 17.2. The van der Waals surface area contributed by atoms with Gasteiger partial charge in [-0.2, -0.15) is 0 Å². The molecule has 1 N–H and O–H groups in total. The first kappa shape index (κ1) is 19.0. The molecule has 3 heterocycles. The van der Waals surface area contributed by atoms with Crippen molar-refractivity contribution in [3.8, 4) is 0 Å². The second-order valence-electron chi connectivity index (χ2n) is 5.93. The molecule has 3 fully saturated rings. The molecule has 0 bridgehead atoms. The second kappa shape index (κ2) is 9.16. The van der Waals surface area contributed by atoms with Gasteiger partial charge in [-0.25, -0.2) is 0 Å². The average Bonchev–Trinajstić information content (AvgIpc) is 3.10. The Balaban J connectivity index is 0.00000110. The SMILES string of the molecule is Cl.Cl.O=C(C1CCNC1)N1CCCC1CN1CCOCC1. The van der Waals surface area contributed by atoms with Crippen LogP contribution in [0.2, 0.25) is 0 Å². The minimum atomic E-state index is 0. The van der Waals surface area contributed by atoms with Gasteiger partial charge in [-0.1, -0.05) is 0 Å². The molecular formula is C14H27Cl2N3O2. The lowest BCUT2D eigenvalue weighted by molar-refractivity contribution is -0.136. The molecule has 0 saturated carbocycles. The van der Waals surface area contributed by atoms with Crippen LogP contribution in [0.1, 0.15) is 19.3 Å². The smallest absolute Gasteiger partial charge is 0.227 e. The standard InChI is InChI=1S/C14H25N3O2.2ClH/c18-14(12-3-4-15-10-12)17-5-1-2-13(17)11-16-6-8-19-9-7-16;;/h12-13,15H,1-11H2;2*1H. The van der Waals surface area contributed by atoms with Gasteiger partial charge in [0.25, 0.3) is 0 Å². The van der Waals surface area contributed by atoms with E-state index < -0.39 is 0 Å². The maximum atomic E-state index is 12.5. The number of hydrogen-bond acceptors (Lipinski definition) is 4. The summed E-state index contributed by atoms with van der Waals surface area (Å²) in [6.07, 6.45) is 3.35. The van der Waals surface area contributed by atoms with Crippen LogP contribution in [0.3, 0.4) is 0 Å². The maximum absolute atomic E-state index is 12.5. The number of nitrogens with zero attached hydrogens (tertiary/aromatic N) is 2. The molecule has 2 unspecified atom stereocenters. The van der Waals surface area contributed by atoms with E-state index in [1.807, 2.05) is 0 Å². The molecule has 0 aliphatic carbocycles. The van der Waals surface area contributed by atoms with Gasteiger partial charge in [-0.05, 0) is 25.8 Å². The van der Waals surface area contributed by atoms with Crippen LogP contribution in [0.15, 0.2) is 0 Å². The normalized spacial score (nSPS) is 29.8. The van der Waals surface area contributed by atoms with Gasteiger partial charge in [0.2, 0.25) is 5.91 Å². The summed E-state index contributed by atoms with van der Waals surface area (Å²) in [6.45, 7) is 7.59. The summed E-state index contributed by atoms with van der Waals surface area (Å²) in [5.74, 6) is 0.617. The van der Waals surface area contributed by atoms with Crippen molar-refractivity contribution in [1.82, 2.24) is 15.1 Å². The number of likely N-dealkylation sites (tertiary alicyclic amines) is 1. The summed E-state index contributed by atoms with van der Waals surface area (Å²) in [5.41, 5.74) is 0. The van der Waals surface area contributed by atoms with E-state index in [4.69, 9.17) is 4.74 Å². The van der Waals surface area contributed by atoms with E-state index in [0.717, 1.165) is 58.9 Å². The van der Waals surface area contributed by atoms with Gasteiger partial charge in [0, 0.05) is 38.8 Å². The fourth-order valence-corrected chi connectivity index (χ4v) is 3.50. The highest BCUT2D eigenvalue weighted by Gasteiger charge is 2.35. The fourth-order valence-electron chi connectivity index (χ4n) is 3.50. The minimum absolute atomic E-state index is 0. The van der Waals surface area contributed by atoms with E-state index in [1.54, 1.807) is 0 Å². The maximum Gasteiger partial charge on any atom is 0.227 e. The Bertz CT molecular complexity index is 321. The van der Waals surface area contributed by atoms with Gasteiger partial charge in [0.1, 0.15) is 0 Å². The molecule has 3 rings (SSSR count). The molecule has 3 aliphatic heterocycles. The summed E-state index contributed by atoms with van der Waals surface area (Å²) in [5, 5.41) is 3.30. The molecule has 0 spiro atoms. The van der Waals surface area contributed by atoms with Crippen molar-refractivity contribution in [2.75, 3.05) is 52.5 Å². The molecule has 1 amide bonds. The molecule has 0 aromatic rings. The van der Waals surface area contributed by atoms with Gasteiger partial charge in [-0.15, -0.1) is 24.8 Å². The summed E-state index contributed by atoms with van der Waals surface area (Å²) >= 11 is 0. The Morgan fingerprint density at radius 3 is 2.57 bits per heavy atom. The van der Waals surface area contributed by atoms with E-state index in [-0.39, 0.29) is 30.7 Å². The molecule has 0 aromatic heterocycles. The number of hydrogen-bond donors (Lipinski definition) is 1. The number of ether oxygens (including phenoxy) is 1. The number of carbonyl (C=O) groups excluding carboxylic acids is 1. The summed E-state index contributed by atoms with van der Waals surface area (Å²) in [6, 6.07) is 0.436. The molecule has 7 heteroatoms. The second-order valence-corrected chi connectivity index (χ2v) is 5.93. The Kier molecular flexibility index (Phi) is 8.27. The highest BCUT2D eigenvalue weighted by molar-refractivity contribution is 5.85. The number of carbonyl (C=O) groups is 1. The van der Waals surface area contributed by atoms with E-state index in [2.05, 4.69) is 15.1 Å². The number of amides is 1. The summed E-state index contributed by atoms with van der Waals surface area (Å²) < 4.78 is 5.39. The lowest BCUT2D eigenvalue weighted by Crippen LogP contribution is -2.48. The quantitative estimate of drug-likeness (QED) is 0.824. The van der Waals surface area contributed by atoms with Crippen molar-refractivity contribution in [3.05, 3.63) is 0 Å². The van der Waals surface area contributed by atoms with Crippen LogP contribution >= 0.6 is 24.8 Å². The Hall–Kier alpha value is -0.0700. The van der Waals surface area contributed by atoms with E-state index in [1.165, 1.54) is 12.8 Å². The van der Waals surface area contributed by atoms with Gasteiger partial charge in [0.05, 0.1) is 19.1 Å². The van der Waals surface area contributed by atoms with Gasteiger partial charge in [0.15, 0.2) is 0 Å². The minimum Gasteiger partial charge on any atom is -0.379 e. The largest absolute Gasteiger partial charge is 0.379 e. The zero-order valence-corrected chi connectivity index (χ0v) is 14.1. The topological polar surface area (TPSA) is 44.8 Å². The van der Waals surface area contributed by atoms with Crippen LogP contribution in [-0.4, -0.2) is 74.2 Å². The molecular weight excluding hydrogens is 313 g/mol. The van der Waals surface area contributed by atoms with Crippen LogP contribution in [0.4, 0.5) is 0 Å². The number of nitrogens with one attached hydrogen (secondary N) is 1. The Morgan fingerprint density at radius 2 is 1.90 bits per heavy atom. The van der Waals surface area contributed by atoms with Crippen LogP contribution < -0.4 is 5.32 Å². The van der Waals surface area contributed by atoms with Crippen LogP contribution in [0, 0.1) is 5.92 Å². The lowest BCUT2D eigenvalue weighted by Gasteiger charge is -2.33. The lowest BCUT2D eigenvalue weighted by atomic mass is 10.1. The Morgan fingerprint density at radius 1 is 1.14 bits per heavy atom. The van der Waals surface area contributed by atoms with Crippen molar-refractivity contribution in [1.29, 1.82) is 0 Å². The van der Waals surface area contributed by atoms with Gasteiger partial charge >= 0.3 is 0 Å². The van der Waals surface area contributed by atoms with Crippen LogP contribution in [0.5, 0.6) is 0 Å². The van der Waals surface area contributed by atoms with E-state index in [9.17, 15) is 4.79 Å². The van der Waals surface area contributed by atoms with E-state index >= 15 is 0 Å². The predicted molar refractivity (Wildman–Crippen MR) is 87.5 cm³/mol. The van der Waals surface area contributed by atoms with Crippen molar-refractivity contribution < 1.29 is 9.53 Å². The molecule has 5 nitrogen and oxygen atoms in total. The number of morpholine rings is 1. The summed E-state index contributed by atoms with van der Waals surface area (Å²) in [7, 11) is 0. The first-order chi connectivity index (χ1) is 9.34. The molecule has 0 aromatic carbocycles. The van der Waals surface area contributed by atoms with Crippen molar-refractivity contribution >= 4 is 30.7 Å². The molecule has 3 saturated heterocycles. The first-order valence-electron chi connectivity index (χ1n) is 7.66. The fraction of sp³-hybridized carbons (Fsp3) is 0.929. The first-order valence-corrected chi connectivity index (χ1v) is 7.66. The third kappa shape index (κ3) is 4.70. The molecule has 3 aliphatic rings. The molecule has 2 atom stereocenters. The van der Waals surface area contributed by atoms with E-state index in [0.29, 0.717) is 11.9 Å². The van der Waals surface area contributed by atoms with Crippen molar-refractivity contribution in [2.24, 2.45) is 5.92 Å². The monoisotopic (exact) mass is 339 g/mol. The molecule has 21 heavy (non-hydrogen) atoms. The molecule has 0 radical (unpaired) electrons. The van der Waals surface area contributed by atoms with Crippen LogP contribution in [-0.2, 0) is 9.53 Å². The third-order valence-electron chi connectivity index (χ3n) is 4.64. The molecule has 124 valence electrons. The predicted octanol–water partition coefficient (Wildman–Crippen LogP) is 0.763. The van der Waals surface area contributed by atoms with Gasteiger partial charge < -0.3 is 15.0 Å². The highest BCUT2D eigenvalue weighted by atomic mass is 35.5. The zero-order valence-electron chi connectivity index (χ0n) is 12.5. The number of halogens is 2. The third-order valence-corrected chi connectivity index (χ3v) is 4.64. The number of rotatable bonds is 3. The highest BCUT2D eigenvalue weighted by Crippen LogP contribution is 2.23. The van der Waals surface area contributed by atoms with Gasteiger partial charge in [-0.3, -0.25) is 9.69 Å².